The molecule has 0 fully saturated rings. The lowest BCUT2D eigenvalue weighted by Crippen LogP contribution is -2.15. The van der Waals surface area contributed by atoms with Crippen LogP contribution in [0.1, 0.15) is 58.2 Å². The zero-order valence-electron chi connectivity index (χ0n) is 16.0. The number of aryl methyl sites for hydroxylation is 2. The van der Waals surface area contributed by atoms with Crippen LogP contribution in [-0.4, -0.2) is 6.10 Å². The van der Waals surface area contributed by atoms with Crippen molar-refractivity contribution in [1.29, 1.82) is 0 Å². The van der Waals surface area contributed by atoms with Gasteiger partial charge in [-0.25, -0.2) is 0 Å². The Hall–Kier alpha value is -1.76. The molecule has 128 valence electrons. The maximum atomic E-state index is 5.95. The van der Waals surface area contributed by atoms with Gasteiger partial charge in [0.2, 0.25) is 0 Å². The molecule has 0 saturated heterocycles. The molecular weight excluding hydrogens is 280 g/mol. The van der Waals surface area contributed by atoms with Gasteiger partial charge in [-0.3, -0.25) is 0 Å². The topological polar surface area (TPSA) is 9.23 Å². The average Bonchev–Trinajstić information content (AvgIpc) is 2.61. The summed E-state index contributed by atoms with van der Waals surface area (Å²) in [5.41, 5.74) is 3.97. The Labute approximate surface area is 143 Å². The predicted molar refractivity (Wildman–Crippen MR) is 103 cm³/mol. The van der Waals surface area contributed by atoms with E-state index in [4.69, 9.17) is 4.74 Å². The third-order valence-corrected chi connectivity index (χ3v) is 3.31. The number of rotatable bonds is 5. The molecule has 0 radical (unpaired) electrons. The fourth-order valence-corrected chi connectivity index (χ4v) is 2.13. The molecule has 1 nitrogen and oxygen atoms in total. The molecular formula is C22H34O. The molecule has 0 heterocycles. The molecule has 0 aliphatic heterocycles. The van der Waals surface area contributed by atoms with Crippen molar-refractivity contribution in [2.75, 3.05) is 0 Å². The highest BCUT2D eigenvalue weighted by molar-refractivity contribution is 5.28. The summed E-state index contributed by atoms with van der Waals surface area (Å²) in [5, 5.41) is 0. The van der Waals surface area contributed by atoms with Crippen LogP contribution in [0.15, 0.2) is 48.5 Å². The quantitative estimate of drug-likeness (QED) is 0.602. The summed E-state index contributed by atoms with van der Waals surface area (Å²) in [6, 6.07) is 17.0. The van der Waals surface area contributed by atoms with E-state index in [1.165, 1.54) is 16.7 Å². The van der Waals surface area contributed by atoms with Gasteiger partial charge in [0.25, 0.3) is 0 Å². The number of ether oxygens (including phenoxy) is 1. The highest BCUT2D eigenvalue weighted by atomic mass is 16.5. The smallest absolute Gasteiger partial charge is 0.119 e. The minimum absolute atomic E-state index is 0.190. The van der Waals surface area contributed by atoms with Gasteiger partial charge >= 0.3 is 0 Å². The van der Waals surface area contributed by atoms with E-state index in [2.05, 4.69) is 69.3 Å². The lowest BCUT2D eigenvalue weighted by molar-refractivity contribution is 0.222. The molecule has 0 amide bonds. The van der Waals surface area contributed by atoms with Crippen molar-refractivity contribution in [3.05, 3.63) is 65.2 Å². The average molecular weight is 315 g/mol. The van der Waals surface area contributed by atoms with Gasteiger partial charge in [0.1, 0.15) is 5.75 Å². The Bertz CT molecular complexity index is 497. The van der Waals surface area contributed by atoms with Gasteiger partial charge in [-0.1, -0.05) is 76.6 Å². The maximum absolute atomic E-state index is 5.95. The molecule has 1 unspecified atom stereocenters. The minimum Gasteiger partial charge on any atom is -0.490 e. The zero-order chi connectivity index (χ0) is 17.7. The molecule has 2 aromatic rings. The molecule has 0 aliphatic carbocycles. The predicted octanol–water partition coefficient (Wildman–Crippen LogP) is 6.62. The largest absolute Gasteiger partial charge is 0.490 e. The van der Waals surface area contributed by atoms with Gasteiger partial charge in [-0.15, -0.1) is 0 Å². The van der Waals surface area contributed by atoms with E-state index in [0.717, 1.165) is 18.6 Å². The molecule has 0 spiro atoms. The van der Waals surface area contributed by atoms with E-state index >= 15 is 0 Å². The molecule has 2 aromatic carbocycles. The van der Waals surface area contributed by atoms with Gasteiger partial charge in [0.05, 0.1) is 6.10 Å². The summed E-state index contributed by atoms with van der Waals surface area (Å²) in [7, 11) is 0. The Kier molecular flexibility index (Phi) is 11.8. The number of hydrogen-bond donors (Lipinski definition) is 0. The standard InChI is InChI=1S/C18H22O.2C2H6/c1-4-16-9-11-18(12-10-16)19-15(3)13-17-7-5-14(2)6-8-17;2*1-2/h5-12,15H,4,13H2,1-3H3;2*1-2H3. The Morgan fingerprint density at radius 3 is 1.74 bits per heavy atom. The highest BCUT2D eigenvalue weighted by Gasteiger charge is 2.05. The monoisotopic (exact) mass is 314 g/mol. The third-order valence-electron chi connectivity index (χ3n) is 3.31. The molecule has 2 rings (SSSR count). The summed E-state index contributed by atoms with van der Waals surface area (Å²) in [5.74, 6) is 0.955. The van der Waals surface area contributed by atoms with E-state index in [-0.39, 0.29) is 6.10 Å². The van der Waals surface area contributed by atoms with Crippen LogP contribution < -0.4 is 4.74 Å². The summed E-state index contributed by atoms with van der Waals surface area (Å²) < 4.78 is 5.95. The van der Waals surface area contributed by atoms with E-state index in [1.807, 2.05) is 27.7 Å². The Balaban J connectivity index is 0.00000112. The molecule has 0 aliphatic rings. The molecule has 23 heavy (non-hydrogen) atoms. The maximum Gasteiger partial charge on any atom is 0.119 e. The van der Waals surface area contributed by atoms with Crippen molar-refractivity contribution in [2.24, 2.45) is 0 Å². The van der Waals surface area contributed by atoms with E-state index in [9.17, 15) is 0 Å². The van der Waals surface area contributed by atoms with Crippen LogP contribution in [0, 0.1) is 6.92 Å². The first kappa shape index (κ1) is 21.2. The molecule has 0 aromatic heterocycles. The lowest BCUT2D eigenvalue weighted by atomic mass is 10.1. The molecule has 0 N–H and O–H groups in total. The fraction of sp³-hybridized carbons (Fsp3) is 0.455. The van der Waals surface area contributed by atoms with Crippen molar-refractivity contribution in [3.63, 3.8) is 0 Å². The fourth-order valence-electron chi connectivity index (χ4n) is 2.13. The van der Waals surface area contributed by atoms with Crippen LogP contribution in [-0.2, 0) is 12.8 Å². The van der Waals surface area contributed by atoms with Crippen molar-refractivity contribution in [2.45, 2.75) is 67.4 Å². The summed E-state index contributed by atoms with van der Waals surface area (Å²) in [4.78, 5) is 0. The van der Waals surface area contributed by atoms with Gasteiger partial charge < -0.3 is 4.74 Å². The summed E-state index contributed by atoms with van der Waals surface area (Å²) in [6.07, 6.45) is 2.20. The second-order valence-electron chi connectivity index (χ2n) is 5.12. The van der Waals surface area contributed by atoms with Crippen LogP contribution in [0.4, 0.5) is 0 Å². The molecule has 0 saturated carbocycles. The highest BCUT2D eigenvalue weighted by Crippen LogP contribution is 2.16. The third kappa shape index (κ3) is 8.44. The summed E-state index contributed by atoms with van der Waals surface area (Å²) >= 11 is 0. The van der Waals surface area contributed by atoms with E-state index < -0.39 is 0 Å². The normalized spacial score (nSPS) is 10.6. The van der Waals surface area contributed by atoms with Gasteiger partial charge in [-0.05, 0) is 43.5 Å². The summed E-state index contributed by atoms with van der Waals surface area (Å²) in [6.45, 7) is 14.4. The van der Waals surface area contributed by atoms with Gasteiger partial charge in [0.15, 0.2) is 0 Å². The van der Waals surface area contributed by atoms with Crippen LogP contribution in [0.3, 0.4) is 0 Å². The zero-order valence-corrected chi connectivity index (χ0v) is 16.0. The first-order chi connectivity index (χ1) is 11.2. The van der Waals surface area contributed by atoms with Crippen LogP contribution in [0.5, 0.6) is 5.75 Å². The van der Waals surface area contributed by atoms with Crippen molar-refractivity contribution in [3.8, 4) is 5.75 Å². The number of hydrogen-bond acceptors (Lipinski definition) is 1. The first-order valence-corrected chi connectivity index (χ1v) is 8.98. The van der Waals surface area contributed by atoms with E-state index in [1.54, 1.807) is 0 Å². The Morgan fingerprint density at radius 2 is 1.26 bits per heavy atom. The number of benzene rings is 2. The first-order valence-electron chi connectivity index (χ1n) is 8.98. The van der Waals surface area contributed by atoms with Crippen molar-refractivity contribution in [1.82, 2.24) is 0 Å². The molecule has 1 atom stereocenters. The molecule has 1 heteroatoms. The van der Waals surface area contributed by atoms with Crippen molar-refractivity contribution >= 4 is 0 Å². The second-order valence-corrected chi connectivity index (χ2v) is 5.12. The van der Waals surface area contributed by atoms with Crippen LogP contribution in [0.2, 0.25) is 0 Å². The second kappa shape index (κ2) is 12.8. The van der Waals surface area contributed by atoms with Gasteiger partial charge in [-0.2, -0.15) is 0 Å². The van der Waals surface area contributed by atoms with Crippen LogP contribution in [0.25, 0.3) is 0 Å². The molecule has 0 bridgehead atoms. The lowest BCUT2D eigenvalue weighted by Gasteiger charge is -2.15. The Morgan fingerprint density at radius 1 is 0.783 bits per heavy atom. The van der Waals surface area contributed by atoms with Crippen molar-refractivity contribution < 1.29 is 4.74 Å². The van der Waals surface area contributed by atoms with E-state index in [0.29, 0.717) is 0 Å². The van der Waals surface area contributed by atoms with Crippen LogP contribution >= 0.6 is 0 Å². The minimum atomic E-state index is 0.190. The SMILES string of the molecule is CC.CC.CCc1ccc(OC(C)Cc2ccc(C)cc2)cc1. The van der Waals surface area contributed by atoms with Gasteiger partial charge in [0, 0.05) is 6.42 Å².